The van der Waals surface area contributed by atoms with E-state index >= 15 is 0 Å². The zero-order valence-corrected chi connectivity index (χ0v) is 16.1. The molecular weight excluding hydrogens is 446 g/mol. The van der Waals surface area contributed by atoms with Crippen molar-refractivity contribution in [3.05, 3.63) is 82.3 Å². The highest BCUT2D eigenvalue weighted by atomic mass is 79.9. The fourth-order valence-corrected chi connectivity index (χ4v) is 3.27. The van der Waals surface area contributed by atoms with Gasteiger partial charge in [0.25, 0.3) is 0 Å². The van der Waals surface area contributed by atoms with E-state index in [0.29, 0.717) is 0 Å². The molecule has 7 heteroatoms. The highest BCUT2D eigenvalue weighted by Gasteiger charge is 2.11. The van der Waals surface area contributed by atoms with E-state index in [0.717, 1.165) is 31.7 Å². The van der Waals surface area contributed by atoms with Gasteiger partial charge in [-0.15, -0.1) is 0 Å². The predicted octanol–water partition coefficient (Wildman–Crippen LogP) is 5.33. The second-order valence-corrected chi connectivity index (χ2v) is 7.18. The first-order valence-corrected chi connectivity index (χ1v) is 9.15. The molecule has 0 unspecified atom stereocenters. The quantitative estimate of drug-likeness (QED) is 0.449. The summed E-state index contributed by atoms with van der Waals surface area (Å²) in [6, 6.07) is 15.9. The van der Waals surface area contributed by atoms with Gasteiger partial charge in [-0.3, -0.25) is 0 Å². The van der Waals surface area contributed by atoms with Gasteiger partial charge in [0.2, 0.25) is 0 Å². The number of nitrogens with zero attached hydrogens (tertiary/aromatic N) is 4. The topological polar surface area (TPSA) is 47.7 Å². The lowest BCUT2D eigenvalue weighted by atomic mass is 10.2. The van der Waals surface area contributed by atoms with Gasteiger partial charge in [0.1, 0.15) is 0 Å². The van der Waals surface area contributed by atoms with Crippen LogP contribution in [0.15, 0.2) is 82.3 Å². The van der Waals surface area contributed by atoms with Gasteiger partial charge in [-0.2, -0.15) is 10.2 Å². The Kier molecular flexibility index (Phi) is 4.42. The number of benzene rings is 2. The Morgan fingerprint density at radius 1 is 0.720 bits per heavy atom. The first kappa shape index (κ1) is 16.1. The minimum atomic E-state index is 0.947. The van der Waals surface area contributed by atoms with Gasteiger partial charge in [0, 0.05) is 33.7 Å². The molecule has 4 aromatic rings. The van der Waals surface area contributed by atoms with Crippen LogP contribution in [0.25, 0.3) is 11.4 Å². The van der Waals surface area contributed by atoms with E-state index in [2.05, 4.69) is 47.4 Å². The van der Waals surface area contributed by atoms with Crippen molar-refractivity contribution in [2.75, 3.05) is 5.32 Å². The van der Waals surface area contributed by atoms with Crippen molar-refractivity contribution in [3.63, 3.8) is 0 Å². The molecule has 0 spiro atoms. The van der Waals surface area contributed by atoms with Crippen LogP contribution < -0.4 is 5.32 Å². The SMILES string of the molecule is Brc1ccc(Nc2ccc(Br)cc2-n2cccn2)c(-n2cccn2)c1. The molecule has 0 aliphatic carbocycles. The monoisotopic (exact) mass is 457 g/mol. The molecule has 25 heavy (non-hydrogen) atoms. The summed E-state index contributed by atoms with van der Waals surface area (Å²) in [5.41, 5.74) is 3.80. The number of anilines is 2. The minimum absolute atomic E-state index is 0.947. The van der Waals surface area contributed by atoms with Crippen LogP contribution in [0.5, 0.6) is 0 Å². The number of hydrogen-bond donors (Lipinski definition) is 1. The van der Waals surface area contributed by atoms with Gasteiger partial charge in [0.15, 0.2) is 0 Å². The largest absolute Gasteiger partial charge is 0.352 e. The Balaban J connectivity index is 1.80. The van der Waals surface area contributed by atoms with Crippen LogP contribution in [0.3, 0.4) is 0 Å². The zero-order valence-electron chi connectivity index (χ0n) is 13.0. The van der Waals surface area contributed by atoms with Crippen LogP contribution in [0.2, 0.25) is 0 Å². The second kappa shape index (κ2) is 6.85. The Bertz CT molecular complexity index is 913. The van der Waals surface area contributed by atoms with E-state index < -0.39 is 0 Å². The van der Waals surface area contributed by atoms with Crippen LogP contribution >= 0.6 is 31.9 Å². The van der Waals surface area contributed by atoms with Crippen molar-refractivity contribution >= 4 is 43.2 Å². The maximum absolute atomic E-state index is 4.35. The Morgan fingerprint density at radius 3 is 1.60 bits per heavy atom. The maximum Gasteiger partial charge on any atom is 0.0891 e. The third-order valence-electron chi connectivity index (χ3n) is 3.69. The molecule has 2 heterocycles. The third kappa shape index (κ3) is 3.38. The Morgan fingerprint density at radius 2 is 1.20 bits per heavy atom. The van der Waals surface area contributed by atoms with Crippen molar-refractivity contribution in [1.82, 2.24) is 19.6 Å². The lowest BCUT2D eigenvalue weighted by Gasteiger charge is -2.16. The summed E-state index contributed by atoms with van der Waals surface area (Å²) in [6.07, 6.45) is 7.37. The van der Waals surface area contributed by atoms with E-state index in [9.17, 15) is 0 Å². The number of nitrogens with one attached hydrogen (secondary N) is 1. The van der Waals surface area contributed by atoms with Crippen LogP contribution in [0, 0.1) is 0 Å². The summed E-state index contributed by atoms with van der Waals surface area (Å²) < 4.78 is 5.65. The maximum atomic E-state index is 4.35. The molecule has 0 amide bonds. The van der Waals surface area contributed by atoms with Gasteiger partial charge in [0.05, 0.1) is 22.7 Å². The third-order valence-corrected chi connectivity index (χ3v) is 4.68. The fourth-order valence-electron chi connectivity index (χ4n) is 2.57. The molecular formula is C18H13Br2N5. The first-order valence-electron chi connectivity index (χ1n) is 7.57. The molecule has 2 aromatic carbocycles. The lowest BCUT2D eigenvalue weighted by molar-refractivity contribution is 0.876. The average Bonchev–Trinajstić information content (AvgIpc) is 3.31. The minimum Gasteiger partial charge on any atom is -0.352 e. The van der Waals surface area contributed by atoms with E-state index in [4.69, 9.17) is 0 Å². The molecule has 124 valence electrons. The lowest BCUT2D eigenvalue weighted by Crippen LogP contribution is -2.04. The van der Waals surface area contributed by atoms with E-state index in [1.54, 1.807) is 12.4 Å². The summed E-state index contributed by atoms with van der Waals surface area (Å²) in [5.74, 6) is 0. The Hall–Kier alpha value is -2.38. The van der Waals surface area contributed by atoms with E-state index in [-0.39, 0.29) is 0 Å². The van der Waals surface area contributed by atoms with Crippen LogP contribution in [0.1, 0.15) is 0 Å². The van der Waals surface area contributed by atoms with E-state index in [1.807, 2.05) is 70.3 Å². The molecule has 4 rings (SSSR count). The zero-order chi connectivity index (χ0) is 17.2. The number of halogens is 2. The highest BCUT2D eigenvalue weighted by Crippen LogP contribution is 2.31. The smallest absolute Gasteiger partial charge is 0.0891 e. The van der Waals surface area contributed by atoms with E-state index in [1.165, 1.54) is 0 Å². The summed E-state index contributed by atoms with van der Waals surface area (Å²) in [6.45, 7) is 0. The fraction of sp³-hybridized carbons (Fsp3) is 0. The van der Waals surface area contributed by atoms with Gasteiger partial charge in [-0.05, 0) is 48.5 Å². The molecule has 0 saturated heterocycles. The van der Waals surface area contributed by atoms with Gasteiger partial charge < -0.3 is 5.32 Å². The Labute approximate surface area is 161 Å². The summed E-state index contributed by atoms with van der Waals surface area (Å²) in [4.78, 5) is 0. The molecule has 2 aromatic heterocycles. The summed E-state index contributed by atoms with van der Waals surface area (Å²) in [7, 11) is 0. The first-order chi connectivity index (χ1) is 12.2. The van der Waals surface area contributed by atoms with Gasteiger partial charge in [-0.25, -0.2) is 9.36 Å². The molecule has 1 N–H and O–H groups in total. The van der Waals surface area contributed by atoms with Gasteiger partial charge >= 0.3 is 0 Å². The molecule has 0 saturated carbocycles. The molecule has 0 radical (unpaired) electrons. The molecule has 0 aliphatic heterocycles. The molecule has 0 atom stereocenters. The van der Waals surface area contributed by atoms with Crippen molar-refractivity contribution in [2.24, 2.45) is 0 Å². The standard InChI is InChI=1S/C18H13Br2N5/c19-13-3-5-15(17(11-13)24-9-1-7-21-24)23-16-6-4-14(20)12-18(16)25-10-2-8-22-25/h1-12,23H. The number of hydrogen-bond acceptors (Lipinski definition) is 3. The number of rotatable bonds is 4. The second-order valence-electron chi connectivity index (χ2n) is 5.35. The molecule has 5 nitrogen and oxygen atoms in total. The van der Waals surface area contributed by atoms with Gasteiger partial charge in [-0.1, -0.05) is 31.9 Å². The summed E-state index contributed by atoms with van der Waals surface area (Å²) >= 11 is 7.07. The van der Waals surface area contributed by atoms with Crippen LogP contribution in [-0.4, -0.2) is 19.6 Å². The summed E-state index contributed by atoms with van der Waals surface area (Å²) in [5, 5.41) is 12.2. The average molecular weight is 459 g/mol. The van der Waals surface area contributed by atoms with Crippen molar-refractivity contribution < 1.29 is 0 Å². The normalized spacial score (nSPS) is 10.8. The van der Waals surface area contributed by atoms with Crippen LogP contribution in [-0.2, 0) is 0 Å². The molecule has 0 aliphatic rings. The van der Waals surface area contributed by atoms with Crippen molar-refractivity contribution in [3.8, 4) is 11.4 Å². The molecule has 0 fully saturated rings. The van der Waals surface area contributed by atoms with Crippen molar-refractivity contribution in [1.29, 1.82) is 0 Å². The van der Waals surface area contributed by atoms with Crippen molar-refractivity contribution in [2.45, 2.75) is 0 Å². The van der Waals surface area contributed by atoms with Crippen LogP contribution in [0.4, 0.5) is 11.4 Å². The highest BCUT2D eigenvalue weighted by molar-refractivity contribution is 9.10. The predicted molar refractivity (Wildman–Crippen MR) is 106 cm³/mol. The molecule has 0 bridgehead atoms. The number of aromatic nitrogens is 4.